The van der Waals surface area contributed by atoms with E-state index in [9.17, 15) is 13.2 Å². The van der Waals surface area contributed by atoms with E-state index >= 15 is 0 Å². The lowest BCUT2D eigenvalue weighted by molar-refractivity contribution is -0.153. The Hall–Kier alpha value is -0.630. The van der Waals surface area contributed by atoms with Crippen molar-refractivity contribution in [1.29, 1.82) is 0 Å². The molecule has 0 spiro atoms. The molecule has 2 atom stereocenters. The van der Waals surface area contributed by atoms with Crippen LogP contribution in [-0.2, 0) is 0 Å². The van der Waals surface area contributed by atoms with Gasteiger partial charge in [0.05, 0.1) is 19.2 Å². The van der Waals surface area contributed by atoms with Gasteiger partial charge in [-0.3, -0.25) is 4.90 Å². The van der Waals surface area contributed by atoms with Crippen molar-refractivity contribution >= 4 is 11.3 Å². The molecular formula is C12H19F3N2OS. The Morgan fingerprint density at radius 1 is 1.47 bits per heavy atom. The summed E-state index contributed by atoms with van der Waals surface area (Å²) in [5.74, 6) is 0. The second kappa shape index (κ2) is 7.23. The van der Waals surface area contributed by atoms with Crippen LogP contribution in [0, 0.1) is 0 Å². The van der Waals surface area contributed by atoms with Crippen LogP contribution < -0.4 is 5.73 Å². The van der Waals surface area contributed by atoms with Crippen molar-refractivity contribution in [3.05, 3.63) is 22.4 Å². The normalized spacial score (nSPS) is 15.7. The van der Waals surface area contributed by atoms with Gasteiger partial charge < -0.3 is 10.8 Å². The first-order chi connectivity index (χ1) is 8.89. The first-order valence-corrected chi connectivity index (χ1v) is 7.02. The van der Waals surface area contributed by atoms with Crippen molar-refractivity contribution in [2.45, 2.75) is 31.6 Å². The summed E-state index contributed by atoms with van der Waals surface area (Å²) >= 11 is 1.42. The minimum absolute atomic E-state index is 0.0479. The molecule has 0 aromatic carbocycles. The van der Waals surface area contributed by atoms with Crippen LogP contribution in [0.4, 0.5) is 13.2 Å². The minimum atomic E-state index is -4.31. The predicted molar refractivity (Wildman–Crippen MR) is 70.0 cm³/mol. The number of rotatable bonds is 7. The quantitative estimate of drug-likeness (QED) is 0.812. The molecule has 3 nitrogen and oxygen atoms in total. The summed E-state index contributed by atoms with van der Waals surface area (Å²) in [6.07, 6.45) is -3.74. The smallest absolute Gasteiger partial charge is 0.395 e. The summed E-state index contributed by atoms with van der Waals surface area (Å²) in [6, 6.07) is 0.861. The zero-order valence-electron chi connectivity index (χ0n) is 10.7. The first kappa shape index (κ1) is 16.4. The van der Waals surface area contributed by atoms with Crippen molar-refractivity contribution in [1.82, 2.24) is 4.90 Å². The van der Waals surface area contributed by atoms with E-state index in [1.807, 2.05) is 12.3 Å². The van der Waals surface area contributed by atoms with Crippen LogP contribution in [0.15, 0.2) is 16.8 Å². The summed E-state index contributed by atoms with van der Waals surface area (Å²) in [5.41, 5.74) is 6.75. The van der Waals surface area contributed by atoms with Gasteiger partial charge in [-0.15, -0.1) is 0 Å². The van der Waals surface area contributed by atoms with Crippen LogP contribution in [0.25, 0.3) is 0 Å². The van der Waals surface area contributed by atoms with E-state index in [-0.39, 0.29) is 13.2 Å². The molecule has 1 aromatic heterocycles. The number of halogens is 3. The van der Waals surface area contributed by atoms with Crippen molar-refractivity contribution in [2.24, 2.45) is 5.73 Å². The van der Waals surface area contributed by atoms with Crippen LogP contribution in [0.5, 0.6) is 0 Å². The average molecular weight is 296 g/mol. The molecule has 1 aromatic rings. The number of hydrogen-bond donors (Lipinski definition) is 2. The second-order valence-electron chi connectivity index (χ2n) is 4.38. The molecule has 1 heterocycles. The SMILES string of the molecule is CCC(N)C(c1ccsc1)N(CCO)CC(F)(F)F. The topological polar surface area (TPSA) is 49.5 Å². The minimum Gasteiger partial charge on any atom is -0.395 e. The summed E-state index contributed by atoms with van der Waals surface area (Å²) < 4.78 is 37.9. The highest BCUT2D eigenvalue weighted by atomic mass is 32.1. The van der Waals surface area contributed by atoms with E-state index in [0.717, 1.165) is 5.56 Å². The van der Waals surface area contributed by atoms with E-state index in [2.05, 4.69) is 0 Å². The largest absolute Gasteiger partial charge is 0.401 e. The molecule has 0 aliphatic heterocycles. The number of nitrogens with zero attached hydrogens (tertiary/aromatic N) is 1. The third-order valence-corrected chi connectivity index (χ3v) is 3.63. The van der Waals surface area contributed by atoms with E-state index in [0.29, 0.717) is 6.42 Å². The number of aliphatic hydroxyl groups excluding tert-OH is 1. The number of hydrogen-bond acceptors (Lipinski definition) is 4. The standard InChI is InChI=1S/C12H19F3N2OS/c1-2-10(16)11(9-3-6-19-7-9)17(4-5-18)8-12(13,14)15/h3,6-7,10-11,18H,2,4-5,8,16H2,1H3. The Labute approximate surface area is 114 Å². The monoisotopic (exact) mass is 296 g/mol. The van der Waals surface area contributed by atoms with Gasteiger partial charge in [-0.25, -0.2) is 0 Å². The summed E-state index contributed by atoms with van der Waals surface area (Å²) in [7, 11) is 0. The maximum Gasteiger partial charge on any atom is 0.401 e. The maximum absolute atomic E-state index is 12.6. The molecule has 0 amide bonds. The Kier molecular flexibility index (Phi) is 6.25. The summed E-state index contributed by atoms with van der Waals surface area (Å²) in [4.78, 5) is 1.20. The Bertz CT molecular complexity index is 356. The fraction of sp³-hybridized carbons (Fsp3) is 0.667. The molecule has 0 radical (unpaired) electrons. The van der Waals surface area contributed by atoms with E-state index in [4.69, 9.17) is 10.8 Å². The lowest BCUT2D eigenvalue weighted by Gasteiger charge is -2.35. The van der Waals surface area contributed by atoms with E-state index in [1.165, 1.54) is 16.2 Å². The molecular weight excluding hydrogens is 277 g/mol. The zero-order valence-corrected chi connectivity index (χ0v) is 11.5. The van der Waals surface area contributed by atoms with Gasteiger partial charge >= 0.3 is 6.18 Å². The fourth-order valence-corrected chi connectivity index (χ4v) is 2.76. The van der Waals surface area contributed by atoms with Crippen LogP contribution in [0.2, 0.25) is 0 Å². The second-order valence-corrected chi connectivity index (χ2v) is 5.16. The highest BCUT2D eigenvalue weighted by molar-refractivity contribution is 7.07. The van der Waals surface area contributed by atoms with Gasteiger partial charge in [0.15, 0.2) is 0 Å². The van der Waals surface area contributed by atoms with E-state index < -0.39 is 24.8 Å². The van der Waals surface area contributed by atoms with Gasteiger partial charge in [-0.05, 0) is 28.8 Å². The number of aliphatic hydroxyl groups is 1. The Balaban J connectivity index is 2.97. The van der Waals surface area contributed by atoms with Crippen LogP contribution in [0.3, 0.4) is 0 Å². The molecule has 0 saturated carbocycles. The van der Waals surface area contributed by atoms with Crippen molar-refractivity contribution in [3.8, 4) is 0 Å². The summed E-state index contributed by atoms with van der Waals surface area (Å²) in [5, 5.41) is 12.6. The van der Waals surface area contributed by atoms with Crippen LogP contribution in [-0.4, -0.2) is 41.9 Å². The molecule has 0 fully saturated rings. The Morgan fingerprint density at radius 2 is 2.16 bits per heavy atom. The summed E-state index contributed by atoms with van der Waals surface area (Å²) in [6.45, 7) is 0.400. The van der Waals surface area contributed by atoms with Gasteiger partial charge in [-0.2, -0.15) is 24.5 Å². The first-order valence-electron chi connectivity index (χ1n) is 6.08. The predicted octanol–water partition coefficient (Wildman–Crippen LogP) is 2.38. The molecule has 0 saturated heterocycles. The molecule has 3 N–H and O–H groups in total. The molecule has 0 aliphatic rings. The Morgan fingerprint density at radius 3 is 2.58 bits per heavy atom. The van der Waals surface area contributed by atoms with Crippen molar-refractivity contribution < 1.29 is 18.3 Å². The van der Waals surface area contributed by atoms with Crippen LogP contribution >= 0.6 is 11.3 Å². The number of nitrogens with two attached hydrogens (primary N) is 1. The molecule has 1 rings (SSSR count). The molecule has 0 bridgehead atoms. The number of alkyl halides is 3. The lowest BCUT2D eigenvalue weighted by atomic mass is 9.98. The number of thiophene rings is 1. The molecule has 19 heavy (non-hydrogen) atoms. The maximum atomic E-state index is 12.6. The average Bonchev–Trinajstić information content (AvgIpc) is 2.80. The highest BCUT2D eigenvalue weighted by Crippen LogP contribution is 2.29. The van der Waals surface area contributed by atoms with Gasteiger partial charge in [0.2, 0.25) is 0 Å². The molecule has 2 unspecified atom stereocenters. The third kappa shape index (κ3) is 5.10. The molecule has 7 heteroatoms. The van der Waals surface area contributed by atoms with Gasteiger partial charge in [0.1, 0.15) is 0 Å². The van der Waals surface area contributed by atoms with Gasteiger partial charge in [-0.1, -0.05) is 6.92 Å². The molecule has 110 valence electrons. The zero-order chi connectivity index (χ0) is 14.5. The molecule has 0 aliphatic carbocycles. The van der Waals surface area contributed by atoms with Crippen molar-refractivity contribution in [3.63, 3.8) is 0 Å². The van der Waals surface area contributed by atoms with Crippen molar-refractivity contribution in [2.75, 3.05) is 19.7 Å². The third-order valence-electron chi connectivity index (χ3n) is 2.92. The fourth-order valence-electron chi connectivity index (χ4n) is 2.07. The van der Waals surface area contributed by atoms with Gasteiger partial charge in [0, 0.05) is 12.6 Å². The van der Waals surface area contributed by atoms with Crippen LogP contribution in [0.1, 0.15) is 24.9 Å². The van der Waals surface area contributed by atoms with Gasteiger partial charge in [0.25, 0.3) is 0 Å². The highest BCUT2D eigenvalue weighted by Gasteiger charge is 2.36. The lowest BCUT2D eigenvalue weighted by Crippen LogP contribution is -2.46. The van der Waals surface area contributed by atoms with E-state index in [1.54, 1.807) is 11.4 Å².